The number of carbonyl (C=O) groups excluding carboxylic acids is 1. The standard InChI is InChI=1S/C12H19N3O4S/c1-9(8-15-6-2-3-11(15)16)14-7-10-4-5-12(19-10)20(13,17)18/h4-5,9,14H,2-3,6-8H2,1H3,(H2,13,17,18). The van der Waals surface area contributed by atoms with Crippen molar-refractivity contribution in [2.75, 3.05) is 13.1 Å². The first-order chi connectivity index (χ1) is 9.36. The fourth-order valence-electron chi connectivity index (χ4n) is 2.17. The Kier molecular flexibility index (Phi) is 4.46. The molecule has 7 nitrogen and oxygen atoms in total. The minimum absolute atomic E-state index is 0.0973. The van der Waals surface area contributed by atoms with Gasteiger partial charge in [0.25, 0.3) is 10.0 Å². The Morgan fingerprint density at radius 1 is 1.50 bits per heavy atom. The summed E-state index contributed by atoms with van der Waals surface area (Å²) in [6.45, 7) is 3.80. The zero-order valence-corrected chi connectivity index (χ0v) is 12.1. The summed E-state index contributed by atoms with van der Waals surface area (Å²) >= 11 is 0. The second kappa shape index (κ2) is 5.94. The summed E-state index contributed by atoms with van der Waals surface area (Å²) in [5.74, 6) is 0.682. The molecule has 0 aromatic carbocycles. The minimum Gasteiger partial charge on any atom is -0.447 e. The molecule has 1 aliphatic heterocycles. The molecule has 1 aromatic heterocycles. The fraction of sp³-hybridized carbons (Fsp3) is 0.583. The van der Waals surface area contributed by atoms with Crippen LogP contribution in [0, 0.1) is 0 Å². The van der Waals surface area contributed by atoms with Crippen LogP contribution < -0.4 is 10.5 Å². The summed E-state index contributed by atoms with van der Waals surface area (Å²) < 4.78 is 27.3. The number of furan rings is 1. The van der Waals surface area contributed by atoms with Crippen molar-refractivity contribution in [3.8, 4) is 0 Å². The van der Waals surface area contributed by atoms with Crippen molar-refractivity contribution in [3.63, 3.8) is 0 Å². The third-order valence-electron chi connectivity index (χ3n) is 3.21. The fourth-order valence-corrected chi connectivity index (χ4v) is 2.65. The van der Waals surface area contributed by atoms with Crippen LogP contribution in [0.2, 0.25) is 0 Å². The quantitative estimate of drug-likeness (QED) is 0.771. The van der Waals surface area contributed by atoms with E-state index in [0.29, 0.717) is 25.3 Å². The van der Waals surface area contributed by atoms with E-state index in [2.05, 4.69) is 5.32 Å². The van der Waals surface area contributed by atoms with E-state index in [1.807, 2.05) is 11.8 Å². The van der Waals surface area contributed by atoms with Crippen molar-refractivity contribution in [2.45, 2.75) is 37.4 Å². The van der Waals surface area contributed by atoms with Crippen LogP contribution >= 0.6 is 0 Å². The van der Waals surface area contributed by atoms with Gasteiger partial charge in [0.2, 0.25) is 11.0 Å². The highest BCUT2D eigenvalue weighted by Gasteiger charge is 2.21. The summed E-state index contributed by atoms with van der Waals surface area (Å²) in [6, 6.07) is 3.00. The number of likely N-dealkylation sites (tertiary alicyclic amines) is 1. The van der Waals surface area contributed by atoms with Gasteiger partial charge in [-0.15, -0.1) is 0 Å². The van der Waals surface area contributed by atoms with Gasteiger partial charge in [-0.1, -0.05) is 0 Å². The maximum absolute atomic E-state index is 11.5. The van der Waals surface area contributed by atoms with E-state index < -0.39 is 10.0 Å². The number of sulfonamides is 1. The highest BCUT2D eigenvalue weighted by Crippen LogP contribution is 2.13. The average Bonchev–Trinajstić information content (AvgIpc) is 2.96. The van der Waals surface area contributed by atoms with Crippen LogP contribution in [0.1, 0.15) is 25.5 Å². The van der Waals surface area contributed by atoms with E-state index in [1.165, 1.54) is 6.07 Å². The molecular weight excluding hydrogens is 282 g/mol. The van der Waals surface area contributed by atoms with Crippen molar-refractivity contribution in [2.24, 2.45) is 5.14 Å². The predicted octanol–water partition coefficient (Wildman–Crippen LogP) is 0.0275. The minimum atomic E-state index is -3.79. The van der Waals surface area contributed by atoms with E-state index >= 15 is 0 Å². The number of nitrogens with two attached hydrogens (primary N) is 1. The number of hydrogen-bond acceptors (Lipinski definition) is 5. The number of nitrogens with one attached hydrogen (secondary N) is 1. The summed E-state index contributed by atoms with van der Waals surface area (Å²) in [7, 11) is -3.79. The van der Waals surface area contributed by atoms with E-state index in [9.17, 15) is 13.2 Å². The number of hydrogen-bond donors (Lipinski definition) is 2. The molecule has 1 unspecified atom stereocenters. The Labute approximate surface area is 118 Å². The number of nitrogens with zero attached hydrogens (tertiary/aromatic N) is 1. The Morgan fingerprint density at radius 2 is 2.25 bits per heavy atom. The molecule has 3 N–H and O–H groups in total. The van der Waals surface area contributed by atoms with Gasteiger partial charge in [0.1, 0.15) is 5.76 Å². The largest absolute Gasteiger partial charge is 0.447 e. The molecule has 1 fully saturated rings. The van der Waals surface area contributed by atoms with Crippen LogP contribution in [0.5, 0.6) is 0 Å². The third-order valence-corrected chi connectivity index (χ3v) is 3.99. The monoisotopic (exact) mass is 301 g/mol. The maximum atomic E-state index is 11.5. The lowest BCUT2D eigenvalue weighted by molar-refractivity contribution is -0.127. The van der Waals surface area contributed by atoms with E-state index in [0.717, 1.165) is 13.0 Å². The van der Waals surface area contributed by atoms with E-state index in [4.69, 9.17) is 9.56 Å². The lowest BCUT2D eigenvalue weighted by atomic mass is 10.3. The molecule has 0 radical (unpaired) electrons. The molecule has 2 heterocycles. The second-order valence-corrected chi connectivity index (χ2v) is 6.48. The molecule has 0 saturated carbocycles. The molecule has 2 rings (SSSR count). The number of rotatable bonds is 6. The highest BCUT2D eigenvalue weighted by atomic mass is 32.2. The first-order valence-electron chi connectivity index (χ1n) is 6.49. The lowest BCUT2D eigenvalue weighted by Gasteiger charge is -2.21. The Balaban J connectivity index is 1.82. The normalized spacial score (nSPS) is 17.7. The van der Waals surface area contributed by atoms with Crippen molar-refractivity contribution in [3.05, 3.63) is 17.9 Å². The summed E-state index contributed by atoms with van der Waals surface area (Å²) in [5, 5.41) is 7.91. The van der Waals surface area contributed by atoms with Crippen LogP contribution in [0.15, 0.2) is 21.6 Å². The average molecular weight is 301 g/mol. The van der Waals surface area contributed by atoms with Crippen molar-refractivity contribution >= 4 is 15.9 Å². The molecule has 1 saturated heterocycles. The first kappa shape index (κ1) is 15.0. The summed E-state index contributed by atoms with van der Waals surface area (Å²) in [6.07, 6.45) is 1.55. The SMILES string of the molecule is CC(CN1CCCC1=O)NCc1ccc(S(N)(=O)=O)o1. The Bertz CT molecular complexity index is 581. The van der Waals surface area contributed by atoms with Gasteiger partial charge < -0.3 is 14.6 Å². The Morgan fingerprint density at radius 3 is 2.80 bits per heavy atom. The molecule has 112 valence electrons. The highest BCUT2D eigenvalue weighted by molar-refractivity contribution is 7.89. The van der Waals surface area contributed by atoms with Gasteiger partial charge in [0, 0.05) is 25.6 Å². The Hall–Kier alpha value is -1.38. The van der Waals surface area contributed by atoms with Gasteiger partial charge in [-0.25, -0.2) is 13.6 Å². The van der Waals surface area contributed by atoms with Crippen LogP contribution in [-0.2, 0) is 21.4 Å². The maximum Gasteiger partial charge on any atom is 0.271 e. The van der Waals surface area contributed by atoms with Gasteiger partial charge in [-0.3, -0.25) is 4.79 Å². The molecule has 0 bridgehead atoms. The molecule has 8 heteroatoms. The number of amides is 1. The van der Waals surface area contributed by atoms with Gasteiger partial charge in [0.05, 0.1) is 6.54 Å². The van der Waals surface area contributed by atoms with Crippen LogP contribution in [0.3, 0.4) is 0 Å². The first-order valence-corrected chi connectivity index (χ1v) is 8.03. The zero-order valence-electron chi connectivity index (χ0n) is 11.3. The molecular formula is C12H19N3O4S. The van der Waals surface area contributed by atoms with Crippen molar-refractivity contribution in [1.82, 2.24) is 10.2 Å². The van der Waals surface area contributed by atoms with Crippen molar-refractivity contribution in [1.29, 1.82) is 0 Å². The molecule has 20 heavy (non-hydrogen) atoms. The molecule has 0 aliphatic carbocycles. The second-order valence-electron chi connectivity index (χ2n) is 4.99. The molecule has 1 aliphatic rings. The van der Waals surface area contributed by atoms with Gasteiger partial charge in [0.15, 0.2) is 0 Å². The molecule has 1 atom stereocenters. The zero-order chi connectivity index (χ0) is 14.8. The third kappa shape index (κ3) is 3.81. The number of primary sulfonamides is 1. The van der Waals surface area contributed by atoms with Crippen LogP contribution in [0.25, 0.3) is 0 Å². The van der Waals surface area contributed by atoms with Gasteiger partial charge in [-0.2, -0.15) is 0 Å². The van der Waals surface area contributed by atoms with Crippen LogP contribution in [-0.4, -0.2) is 38.4 Å². The molecule has 1 amide bonds. The van der Waals surface area contributed by atoms with E-state index in [-0.39, 0.29) is 17.0 Å². The van der Waals surface area contributed by atoms with E-state index in [1.54, 1.807) is 6.07 Å². The smallest absolute Gasteiger partial charge is 0.271 e. The number of carbonyl (C=O) groups is 1. The molecule has 0 spiro atoms. The van der Waals surface area contributed by atoms with Gasteiger partial charge in [-0.05, 0) is 25.5 Å². The topological polar surface area (TPSA) is 106 Å². The predicted molar refractivity (Wildman–Crippen MR) is 72.2 cm³/mol. The van der Waals surface area contributed by atoms with Crippen molar-refractivity contribution < 1.29 is 17.6 Å². The summed E-state index contributed by atoms with van der Waals surface area (Å²) in [5.41, 5.74) is 0. The summed E-state index contributed by atoms with van der Waals surface area (Å²) in [4.78, 5) is 13.3. The van der Waals surface area contributed by atoms with Gasteiger partial charge >= 0.3 is 0 Å². The van der Waals surface area contributed by atoms with Crippen LogP contribution in [0.4, 0.5) is 0 Å². The lowest BCUT2D eigenvalue weighted by Crippen LogP contribution is -2.39. The molecule has 1 aromatic rings.